The summed E-state index contributed by atoms with van der Waals surface area (Å²) >= 11 is 0. The highest BCUT2D eigenvalue weighted by Gasteiger charge is 2.25. The summed E-state index contributed by atoms with van der Waals surface area (Å²) in [5.74, 6) is 2.02. The zero-order chi connectivity index (χ0) is 15.2. The molecule has 1 N–H and O–H groups in total. The molecule has 0 atom stereocenters. The maximum Gasteiger partial charge on any atom is 0.222 e. The Kier molecular flexibility index (Phi) is 6.13. The van der Waals surface area contributed by atoms with Gasteiger partial charge >= 0.3 is 0 Å². The summed E-state index contributed by atoms with van der Waals surface area (Å²) in [5, 5.41) is 3.40. The SMILES string of the molecule is O=C(CCC1CCNCC1)N1CCC(CN2CCCC2)CC1. The van der Waals surface area contributed by atoms with Crippen molar-refractivity contribution in [3.63, 3.8) is 0 Å². The summed E-state index contributed by atoms with van der Waals surface area (Å²) in [6.07, 6.45) is 9.60. The Hall–Kier alpha value is -0.610. The third-order valence-corrected chi connectivity index (χ3v) is 5.91. The van der Waals surface area contributed by atoms with E-state index in [9.17, 15) is 4.79 Å². The fraction of sp³-hybridized carbons (Fsp3) is 0.944. The van der Waals surface area contributed by atoms with E-state index in [2.05, 4.69) is 15.1 Å². The lowest BCUT2D eigenvalue weighted by Gasteiger charge is -2.34. The molecule has 0 aromatic heterocycles. The van der Waals surface area contributed by atoms with Gasteiger partial charge < -0.3 is 15.1 Å². The van der Waals surface area contributed by atoms with E-state index in [1.807, 2.05) is 0 Å². The van der Waals surface area contributed by atoms with Crippen molar-refractivity contribution in [1.82, 2.24) is 15.1 Å². The molecule has 0 radical (unpaired) electrons. The van der Waals surface area contributed by atoms with E-state index < -0.39 is 0 Å². The first kappa shape index (κ1) is 16.3. The summed E-state index contributed by atoms with van der Waals surface area (Å²) in [4.78, 5) is 17.2. The van der Waals surface area contributed by atoms with Crippen LogP contribution < -0.4 is 5.32 Å². The molecule has 0 unspecified atom stereocenters. The second kappa shape index (κ2) is 8.30. The van der Waals surface area contributed by atoms with Gasteiger partial charge in [0.2, 0.25) is 5.91 Å². The zero-order valence-corrected chi connectivity index (χ0v) is 14.1. The van der Waals surface area contributed by atoms with Crippen LogP contribution in [-0.2, 0) is 4.79 Å². The monoisotopic (exact) mass is 307 g/mol. The molecule has 0 aromatic rings. The third-order valence-electron chi connectivity index (χ3n) is 5.91. The molecular formula is C18H33N3O. The molecule has 3 aliphatic rings. The average Bonchev–Trinajstić information content (AvgIpc) is 3.07. The van der Waals surface area contributed by atoms with Gasteiger partial charge in [-0.3, -0.25) is 4.79 Å². The highest BCUT2D eigenvalue weighted by Crippen LogP contribution is 2.23. The van der Waals surface area contributed by atoms with Crippen LogP contribution >= 0.6 is 0 Å². The number of amides is 1. The van der Waals surface area contributed by atoms with Crippen molar-refractivity contribution >= 4 is 5.91 Å². The van der Waals surface area contributed by atoms with E-state index in [1.165, 1.54) is 58.2 Å². The lowest BCUT2D eigenvalue weighted by atomic mass is 9.92. The van der Waals surface area contributed by atoms with Crippen LogP contribution in [0, 0.1) is 11.8 Å². The van der Waals surface area contributed by atoms with Crippen molar-refractivity contribution < 1.29 is 4.79 Å². The standard InChI is InChI=1S/C18H33N3O/c22-18(4-3-16-5-9-19-10-6-16)21-13-7-17(8-14-21)15-20-11-1-2-12-20/h16-17,19H,1-15H2. The molecule has 3 saturated heterocycles. The van der Waals surface area contributed by atoms with Crippen molar-refractivity contribution in [3.8, 4) is 0 Å². The number of nitrogens with zero attached hydrogens (tertiary/aromatic N) is 2. The first-order valence-electron chi connectivity index (χ1n) is 9.52. The number of carbonyl (C=O) groups is 1. The molecule has 3 aliphatic heterocycles. The number of hydrogen-bond acceptors (Lipinski definition) is 3. The first-order valence-corrected chi connectivity index (χ1v) is 9.52. The van der Waals surface area contributed by atoms with Gasteiger partial charge in [-0.05, 0) is 83.0 Å². The summed E-state index contributed by atoms with van der Waals surface area (Å²) in [6.45, 7) is 8.16. The fourth-order valence-corrected chi connectivity index (χ4v) is 4.35. The summed E-state index contributed by atoms with van der Waals surface area (Å²) in [7, 11) is 0. The van der Waals surface area contributed by atoms with Crippen LogP contribution in [0.15, 0.2) is 0 Å². The minimum absolute atomic E-state index is 0.415. The molecule has 0 aromatic carbocycles. The highest BCUT2D eigenvalue weighted by molar-refractivity contribution is 5.76. The molecule has 0 aliphatic carbocycles. The smallest absolute Gasteiger partial charge is 0.222 e. The minimum atomic E-state index is 0.415. The Morgan fingerprint density at radius 2 is 1.59 bits per heavy atom. The van der Waals surface area contributed by atoms with Gasteiger partial charge in [0, 0.05) is 26.1 Å². The van der Waals surface area contributed by atoms with Gasteiger partial charge in [-0.25, -0.2) is 0 Å². The molecule has 4 nitrogen and oxygen atoms in total. The Bertz CT molecular complexity index is 340. The number of hydrogen-bond donors (Lipinski definition) is 1. The normalized spacial score (nSPS) is 25.7. The van der Waals surface area contributed by atoms with Gasteiger partial charge in [-0.15, -0.1) is 0 Å². The van der Waals surface area contributed by atoms with Crippen LogP contribution in [0.25, 0.3) is 0 Å². The molecule has 3 fully saturated rings. The van der Waals surface area contributed by atoms with Crippen LogP contribution in [0.1, 0.15) is 51.4 Å². The average molecular weight is 307 g/mol. The lowest BCUT2D eigenvalue weighted by molar-refractivity contribution is -0.133. The highest BCUT2D eigenvalue weighted by atomic mass is 16.2. The molecule has 0 bridgehead atoms. The quantitative estimate of drug-likeness (QED) is 0.845. The van der Waals surface area contributed by atoms with Crippen molar-refractivity contribution in [2.45, 2.75) is 51.4 Å². The summed E-state index contributed by atoms with van der Waals surface area (Å²) in [6, 6.07) is 0. The molecule has 1 amide bonds. The second-order valence-corrected chi connectivity index (χ2v) is 7.56. The Morgan fingerprint density at radius 3 is 2.27 bits per heavy atom. The van der Waals surface area contributed by atoms with E-state index in [0.29, 0.717) is 5.91 Å². The van der Waals surface area contributed by atoms with Gasteiger partial charge in [0.05, 0.1) is 0 Å². The second-order valence-electron chi connectivity index (χ2n) is 7.56. The van der Waals surface area contributed by atoms with E-state index in [0.717, 1.165) is 50.9 Å². The minimum Gasteiger partial charge on any atom is -0.343 e. The van der Waals surface area contributed by atoms with E-state index in [-0.39, 0.29) is 0 Å². The molecule has 3 heterocycles. The summed E-state index contributed by atoms with van der Waals surface area (Å²) in [5.41, 5.74) is 0. The number of likely N-dealkylation sites (tertiary alicyclic amines) is 2. The number of rotatable bonds is 5. The van der Waals surface area contributed by atoms with Crippen LogP contribution in [-0.4, -0.2) is 61.5 Å². The van der Waals surface area contributed by atoms with Gasteiger partial charge in [0.15, 0.2) is 0 Å². The van der Waals surface area contributed by atoms with Gasteiger partial charge in [0.25, 0.3) is 0 Å². The topological polar surface area (TPSA) is 35.6 Å². The van der Waals surface area contributed by atoms with E-state index >= 15 is 0 Å². The molecule has 3 rings (SSSR count). The third kappa shape index (κ3) is 4.69. The van der Waals surface area contributed by atoms with E-state index in [4.69, 9.17) is 0 Å². The maximum absolute atomic E-state index is 12.4. The summed E-state index contributed by atoms with van der Waals surface area (Å²) < 4.78 is 0. The molecule has 0 spiro atoms. The van der Waals surface area contributed by atoms with Crippen molar-refractivity contribution in [2.24, 2.45) is 11.8 Å². The fourth-order valence-electron chi connectivity index (χ4n) is 4.35. The lowest BCUT2D eigenvalue weighted by Crippen LogP contribution is -2.41. The van der Waals surface area contributed by atoms with E-state index in [1.54, 1.807) is 0 Å². The number of piperidine rings is 2. The molecule has 126 valence electrons. The van der Waals surface area contributed by atoms with Crippen LogP contribution in [0.3, 0.4) is 0 Å². The van der Waals surface area contributed by atoms with Gasteiger partial charge in [0.1, 0.15) is 0 Å². The van der Waals surface area contributed by atoms with Crippen molar-refractivity contribution in [1.29, 1.82) is 0 Å². The Morgan fingerprint density at radius 1 is 0.909 bits per heavy atom. The van der Waals surface area contributed by atoms with Crippen LogP contribution in [0.4, 0.5) is 0 Å². The first-order chi connectivity index (χ1) is 10.8. The predicted molar refractivity (Wildman–Crippen MR) is 89.8 cm³/mol. The number of carbonyl (C=O) groups excluding carboxylic acids is 1. The van der Waals surface area contributed by atoms with Gasteiger partial charge in [-0.2, -0.15) is 0 Å². The molecule has 4 heteroatoms. The van der Waals surface area contributed by atoms with Crippen molar-refractivity contribution in [3.05, 3.63) is 0 Å². The van der Waals surface area contributed by atoms with Crippen molar-refractivity contribution in [2.75, 3.05) is 45.8 Å². The van der Waals surface area contributed by atoms with Crippen LogP contribution in [0.2, 0.25) is 0 Å². The zero-order valence-electron chi connectivity index (χ0n) is 14.1. The maximum atomic E-state index is 12.4. The molecule has 22 heavy (non-hydrogen) atoms. The Labute approximate surface area is 135 Å². The largest absolute Gasteiger partial charge is 0.343 e. The predicted octanol–water partition coefficient (Wildman–Crippen LogP) is 2.10. The van der Waals surface area contributed by atoms with Crippen LogP contribution in [0.5, 0.6) is 0 Å². The Balaban J connectivity index is 1.32. The molecule has 0 saturated carbocycles. The number of nitrogens with one attached hydrogen (secondary N) is 1. The van der Waals surface area contributed by atoms with Gasteiger partial charge in [-0.1, -0.05) is 0 Å². The molecular weight excluding hydrogens is 274 g/mol.